The van der Waals surface area contributed by atoms with Crippen LogP contribution in [0.4, 0.5) is 11.5 Å². The number of nitrogen functional groups attached to an aromatic ring is 1. The zero-order valence-electron chi connectivity index (χ0n) is 11.9. The first kappa shape index (κ1) is 14.8. The molecule has 0 saturated carbocycles. The lowest BCUT2D eigenvalue weighted by molar-refractivity contribution is 0.0527. The normalized spacial score (nSPS) is 10.1. The quantitative estimate of drug-likeness (QED) is 0.788. The number of hydrogen-bond donors (Lipinski definition) is 2. The Morgan fingerprint density at radius 3 is 3.00 bits per heavy atom. The number of aromatic nitrogens is 2. The van der Waals surface area contributed by atoms with Crippen molar-refractivity contribution in [2.24, 2.45) is 0 Å². The number of nitrogens with two attached hydrogens (primary N) is 1. The molecule has 0 spiro atoms. The van der Waals surface area contributed by atoms with Crippen molar-refractivity contribution in [3.63, 3.8) is 0 Å². The lowest BCUT2D eigenvalue weighted by atomic mass is 10.2. The fourth-order valence-corrected chi connectivity index (χ4v) is 1.83. The summed E-state index contributed by atoms with van der Waals surface area (Å²) in [6.45, 7) is 2.75. The summed E-state index contributed by atoms with van der Waals surface area (Å²) in [6, 6.07) is 5.52. The minimum atomic E-state index is -0.437. The van der Waals surface area contributed by atoms with Gasteiger partial charge in [-0.3, -0.25) is 4.98 Å². The molecule has 110 valence electrons. The molecule has 0 amide bonds. The van der Waals surface area contributed by atoms with E-state index in [4.69, 9.17) is 10.5 Å². The molecular formula is C15H18N4O2. The summed E-state index contributed by atoms with van der Waals surface area (Å²) in [4.78, 5) is 20.0. The van der Waals surface area contributed by atoms with Gasteiger partial charge in [-0.05, 0) is 31.0 Å². The van der Waals surface area contributed by atoms with Crippen molar-refractivity contribution in [2.45, 2.75) is 13.3 Å². The lowest BCUT2D eigenvalue weighted by Crippen LogP contribution is -2.11. The van der Waals surface area contributed by atoms with Crippen LogP contribution in [0.15, 0.2) is 36.8 Å². The van der Waals surface area contributed by atoms with Gasteiger partial charge in [-0.25, -0.2) is 9.78 Å². The van der Waals surface area contributed by atoms with Crippen molar-refractivity contribution in [1.29, 1.82) is 0 Å². The van der Waals surface area contributed by atoms with Gasteiger partial charge in [0, 0.05) is 18.9 Å². The monoisotopic (exact) mass is 286 g/mol. The van der Waals surface area contributed by atoms with E-state index in [1.54, 1.807) is 19.2 Å². The van der Waals surface area contributed by atoms with E-state index in [2.05, 4.69) is 15.3 Å². The molecule has 6 heteroatoms. The summed E-state index contributed by atoms with van der Waals surface area (Å²) < 4.78 is 4.95. The van der Waals surface area contributed by atoms with E-state index in [1.165, 1.54) is 6.20 Å². The van der Waals surface area contributed by atoms with Gasteiger partial charge in [0.05, 0.1) is 24.1 Å². The number of esters is 1. The summed E-state index contributed by atoms with van der Waals surface area (Å²) in [6.07, 6.45) is 5.83. The zero-order valence-corrected chi connectivity index (χ0v) is 11.9. The van der Waals surface area contributed by atoms with Gasteiger partial charge in [-0.15, -0.1) is 0 Å². The largest absolute Gasteiger partial charge is 0.462 e. The lowest BCUT2D eigenvalue weighted by Gasteiger charge is -2.09. The van der Waals surface area contributed by atoms with Gasteiger partial charge < -0.3 is 15.8 Å². The standard InChI is InChI=1S/C15H18N4O2/c1-2-21-15(20)12-8-14(19-10-13(12)16)18-7-5-11-4-3-6-17-9-11/h3-4,6,8-10H,2,5,7,16H2,1H3,(H,18,19). The van der Waals surface area contributed by atoms with Crippen molar-refractivity contribution in [2.75, 3.05) is 24.2 Å². The van der Waals surface area contributed by atoms with Crippen LogP contribution in [0.5, 0.6) is 0 Å². The maximum Gasteiger partial charge on any atom is 0.340 e. The Balaban J connectivity index is 1.97. The highest BCUT2D eigenvalue weighted by Gasteiger charge is 2.12. The predicted octanol–water partition coefficient (Wildman–Crippen LogP) is 1.89. The first-order valence-electron chi connectivity index (χ1n) is 6.76. The summed E-state index contributed by atoms with van der Waals surface area (Å²) in [5, 5.41) is 3.16. The van der Waals surface area contributed by atoms with Crippen molar-refractivity contribution in [1.82, 2.24) is 9.97 Å². The molecule has 0 bridgehead atoms. The van der Waals surface area contributed by atoms with Crippen LogP contribution >= 0.6 is 0 Å². The smallest absolute Gasteiger partial charge is 0.340 e. The van der Waals surface area contributed by atoms with E-state index >= 15 is 0 Å². The molecule has 21 heavy (non-hydrogen) atoms. The second-order valence-electron chi connectivity index (χ2n) is 4.42. The van der Waals surface area contributed by atoms with Gasteiger partial charge >= 0.3 is 5.97 Å². The topological polar surface area (TPSA) is 90.1 Å². The highest BCUT2D eigenvalue weighted by Crippen LogP contribution is 2.16. The number of ether oxygens (including phenoxy) is 1. The van der Waals surface area contributed by atoms with Crippen LogP contribution in [-0.2, 0) is 11.2 Å². The molecule has 2 aromatic heterocycles. The molecule has 2 rings (SSSR count). The molecular weight excluding hydrogens is 268 g/mol. The summed E-state index contributed by atoms with van der Waals surface area (Å²) in [7, 11) is 0. The number of nitrogens with zero attached hydrogens (tertiary/aromatic N) is 2. The van der Waals surface area contributed by atoms with Crippen LogP contribution in [0.3, 0.4) is 0 Å². The third-order valence-corrected chi connectivity index (χ3v) is 2.87. The number of hydrogen-bond acceptors (Lipinski definition) is 6. The first-order valence-corrected chi connectivity index (χ1v) is 6.76. The Labute approximate surface area is 123 Å². The third-order valence-electron chi connectivity index (χ3n) is 2.87. The van der Waals surface area contributed by atoms with Gasteiger partial charge in [0.15, 0.2) is 0 Å². The minimum absolute atomic E-state index is 0.310. The van der Waals surface area contributed by atoms with E-state index in [-0.39, 0.29) is 0 Å². The van der Waals surface area contributed by atoms with E-state index in [1.807, 2.05) is 18.3 Å². The molecule has 0 saturated heterocycles. The average molecular weight is 286 g/mol. The van der Waals surface area contributed by atoms with E-state index < -0.39 is 5.97 Å². The van der Waals surface area contributed by atoms with Crippen LogP contribution in [0.1, 0.15) is 22.8 Å². The van der Waals surface area contributed by atoms with E-state index in [0.29, 0.717) is 30.2 Å². The number of carbonyl (C=O) groups is 1. The van der Waals surface area contributed by atoms with E-state index in [9.17, 15) is 4.79 Å². The maximum atomic E-state index is 11.7. The second kappa shape index (κ2) is 7.23. The van der Waals surface area contributed by atoms with E-state index in [0.717, 1.165) is 12.0 Å². The Kier molecular flexibility index (Phi) is 5.09. The van der Waals surface area contributed by atoms with Gasteiger partial charge in [-0.1, -0.05) is 6.07 Å². The molecule has 3 N–H and O–H groups in total. The molecule has 0 atom stereocenters. The first-order chi connectivity index (χ1) is 10.2. The van der Waals surface area contributed by atoms with Crippen molar-refractivity contribution in [3.8, 4) is 0 Å². The second-order valence-corrected chi connectivity index (χ2v) is 4.42. The third kappa shape index (κ3) is 4.17. The number of pyridine rings is 2. The summed E-state index contributed by atoms with van der Waals surface area (Å²) >= 11 is 0. The fraction of sp³-hybridized carbons (Fsp3) is 0.267. The van der Waals surface area contributed by atoms with Crippen LogP contribution in [0.2, 0.25) is 0 Å². The molecule has 0 fully saturated rings. The molecule has 0 aliphatic rings. The molecule has 0 aliphatic heterocycles. The fourth-order valence-electron chi connectivity index (χ4n) is 1.83. The summed E-state index contributed by atoms with van der Waals surface area (Å²) in [5.74, 6) is 0.156. The Hall–Kier alpha value is -2.63. The molecule has 2 heterocycles. The number of rotatable bonds is 6. The van der Waals surface area contributed by atoms with Gasteiger partial charge in [0.25, 0.3) is 0 Å². The van der Waals surface area contributed by atoms with Crippen LogP contribution in [0.25, 0.3) is 0 Å². The SMILES string of the molecule is CCOC(=O)c1cc(NCCc2cccnc2)ncc1N. The minimum Gasteiger partial charge on any atom is -0.462 e. The number of carbonyl (C=O) groups excluding carboxylic acids is 1. The van der Waals surface area contributed by atoms with Gasteiger partial charge in [0.1, 0.15) is 5.82 Å². The molecule has 2 aromatic rings. The molecule has 0 radical (unpaired) electrons. The average Bonchev–Trinajstić information content (AvgIpc) is 2.50. The van der Waals surface area contributed by atoms with Gasteiger partial charge in [0.2, 0.25) is 0 Å². The highest BCUT2D eigenvalue weighted by molar-refractivity contribution is 5.95. The van der Waals surface area contributed by atoms with Crippen LogP contribution in [0, 0.1) is 0 Å². The Morgan fingerprint density at radius 2 is 2.29 bits per heavy atom. The molecule has 0 aromatic carbocycles. The molecule has 6 nitrogen and oxygen atoms in total. The van der Waals surface area contributed by atoms with Crippen LogP contribution < -0.4 is 11.1 Å². The molecule has 0 unspecified atom stereocenters. The van der Waals surface area contributed by atoms with Gasteiger partial charge in [-0.2, -0.15) is 0 Å². The summed E-state index contributed by atoms with van der Waals surface area (Å²) in [5.41, 5.74) is 7.51. The predicted molar refractivity (Wildman–Crippen MR) is 81.0 cm³/mol. The highest BCUT2D eigenvalue weighted by atomic mass is 16.5. The zero-order chi connectivity index (χ0) is 15.1. The van der Waals surface area contributed by atoms with Crippen molar-refractivity contribution >= 4 is 17.5 Å². The van der Waals surface area contributed by atoms with Crippen molar-refractivity contribution < 1.29 is 9.53 Å². The Morgan fingerprint density at radius 1 is 1.43 bits per heavy atom. The Bertz CT molecular complexity index is 602. The van der Waals surface area contributed by atoms with Crippen molar-refractivity contribution in [3.05, 3.63) is 47.9 Å². The number of nitrogens with one attached hydrogen (secondary N) is 1. The molecule has 0 aliphatic carbocycles. The van der Waals surface area contributed by atoms with Crippen LogP contribution in [-0.4, -0.2) is 29.1 Å². The number of anilines is 2. The maximum absolute atomic E-state index is 11.7.